The molecule has 0 saturated carbocycles. The summed E-state index contributed by atoms with van der Waals surface area (Å²) in [6.45, 7) is 0. The first-order valence-corrected chi connectivity index (χ1v) is 4.94. The van der Waals surface area contributed by atoms with Gasteiger partial charge in [-0.25, -0.2) is 9.97 Å². The van der Waals surface area contributed by atoms with Gasteiger partial charge in [-0.1, -0.05) is 41.9 Å². The van der Waals surface area contributed by atoms with Gasteiger partial charge in [0.2, 0.25) is 0 Å². The molecule has 1 heterocycles. The molecule has 0 unspecified atom stereocenters. The van der Waals surface area contributed by atoms with Crippen LogP contribution in [0.1, 0.15) is 11.3 Å². The number of nitrogens with two attached hydrogens (primary N) is 1. The average molecular weight is 220 g/mol. The van der Waals surface area contributed by atoms with E-state index in [9.17, 15) is 0 Å². The normalized spacial score (nSPS) is 10.2. The summed E-state index contributed by atoms with van der Waals surface area (Å²) < 4.78 is 0. The highest BCUT2D eigenvalue weighted by atomic mass is 35.5. The molecule has 2 aromatic rings. The molecule has 0 fully saturated rings. The second-order valence-electron chi connectivity index (χ2n) is 3.20. The molecule has 0 spiro atoms. The zero-order valence-corrected chi connectivity index (χ0v) is 8.78. The second-order valence-corrected chi connectivity index (χ2v) is 3.56. The van der Waals surface area contributed by atoms with Gasteiger partial charge in [0, 0.05) is 6.42 Å². The monoisotopic (exact) mass is 219 g/mol. The predicted octanol–water partition coefficient (Wildman–Crippen LogP) is 2.30. The summed E-state index contributed by atoms with van der Waals surface area (Å²) in [5, 5.41) is 0.267. The van der Waals surface area contributed by atoms with Crippen molar-refractivity contribution in [2.75, 3.05) is 5.73 Å². The van der Waals surface area contributed by atoms with Crippen LogP contribution in [0.4, 0.5) is 5.82 Å². The fourth-order valence-electron chi connectivity index (χ4n) is 1.30. The van der Waals surface area contributed by atoms with E-state index in [1.807, 2.05) is 30.3 Å². The molecular weight excluding hydrogens is 210 g/mol. The van der Waals surface area contributed by atoms with Crippen LogP contribution in [-0.4, -0.2) is 9.97 Å². The molecule has 2 rings (SSSR count). The molecule has 0 bridgehead atoms. The van der Waals surface area contributed by atoms with Crippen molar-refractivity contribution in [3.63, 3.8) is 0 Å². The van der Waals surface area contributed by atoms with Crippen molar-refractivity contribution in [1.82, 2.24) is 9.97 Å². The van der Waals surface area contributed by atoms with E-state index in [2.05, 4.69) is 9.97 Å². The van der Waals surface area contributed by atoms with E-state index in [0.29, 0.717) is 6.42 Å². The third-order valence-electron chi connectivity index (χ3n) is 2.03. The Balaban J connectivity index is 2.22. The van der Waals surface area contributed by atoms with Gasteiger partial charge in [-0.3, -0.25) is 0 Å². The molecule has 3 nitrogen and oxygen atoms in total. The number of hydrogen-bond acceptors (Lipinski definition) is 3. The van der Waals surface area contributed by atoms with E-state index < -0.39 is 0 Å². The van der Waals surface area contributed by atoms with Gasteiger partial charge >= 0.3 is 0 Å². The third kappa shape index (κ3) is 2.44. The lowest BCUT2D eigenvalue weighted by Gasteiger charge is -2.02. The molecule has 0 amide bonds. The standard InChI is InChI=1S/C11H10ClN3/c12-10-11(13)14-7-9(15-10)6-8-4-2-1-3-5-8/h1-5,7H,6H2,(H2,13,14). The van der Waals surface area contributed by atoms with Crippen LogP contribution in [0, 0.1) is 0 Å². The summed E-state index contributed by atoms with van der Waals surface area (Å²) in [7, 11) is 0. The van der Waals surface area contributed by atoms with E-state index in [0.717, 1.165) is 5.69 Å². The summed E-state index contributed by atoms with van der Waals surface area (Å²) >= 11 is 5.78. The van der Waals surface area contributed by atoms with Crippen molar-refractivity contribution in [3.05, 3.63) is 52.9 Å². The second kappa shape index (κ2) is 4.28. The number of hydrogen-bond donors (Lipinski definition) is 1. The molecule has 0 aliphatic rings. The van der Waals surface area contributed by atoms with Crippen molar-refractivity contribution in [3.8, 4) is 0 Å². The van der Waals surface area contributed by atoms with Crippen molar-refractivity contribution in [2.24, 2.45) is 0 Å². The Morgan fingerprint density at radius 3 is 2.60 bits per heavy atom. The predicted molar refractivity (Wildman–Crippen MR) is 60.7 cm³/mol. The molecule has 1 aromatic carbocycles. The molecule has 0 aliphatic heterocycles. The molecular formula is C11H10ClN3. The van der Waals surface area contributed by atoms with Crippen LogP contribution in [0.15, 0.2) is 36.5 Å². The number of anilines is 1. The van der Waals surface area contributed by atoms with Crippen LogP contribution in [-0.2, 0) is 6.42 Å². The Kier molecular flexibility index (Phi) is 2.83. The number of halogens is 1. The van der Waals surface area contributed by atoms with Crippen LogP contribution in [0.3, 0.4) is 0 Å². The Morgan fingerprint density at radius 2 is 1.93 bits per heavy atom. The Labute approximate surface area is 92.9 Å². The number of aromatic nitrogens is 2. The fraction of sp³-hybridized carbons (Fsp3) is 0.0909. The maximum atomic E-state index is 5.78. The van der Waals surface area contributed by atoms with Gasteiger partial charge in [0.15, 0.2) is 11.0 Å². The van der Waals surface area contributed by atoms with Gasteiger partial charge in [0.25, 0.3) is 0 Å². The number of nitrogen functional groups attached to an aromatic ring is 1. The fourth-order valence-corrected chi connectivity index (χ4v) is 1.46. The molecule has 2 N–H and O–H groups in total. The van der Waals surface area contributed by atoms with E-state index >= 15 is 0 Å². The Bertz CT molecular complexity index is 457. The van der Waals surface area contributed by atoms with Gasteiger partial charge in [-0.05, 0) is 5.56 Å². The molecule has 0 radical (unpaired) electrons. The third-order valence-corrected chi connectivity index (χ3v) is 2.31. The highest BCUT2D eigenvalue weighted by Gasteiger charge is 2.02. The number of nitrogens with zero attached hydrogens (tertiary/aromatic N) is 2. The first-order chi connectivity index (χ1) is 7.25. The maximum absolute atomic E-state index is 5.78. The van der Waals surface area contributed by atoms with Crippen LogP contribution in [0.2, 0.25) is 5.15 Å². The zero-order valence-electron chi connectivity index (χ0n) is 8.02. The summed E-state index contributed by atoms with van der Waals surface area (Å²) in [5.41, 5.74) is 7.47. The summed E-state index contributed by atoms with van der Waals surface area (Å²) in [6, 6.07) is 10.0. The van der Waals surface area contributed by atoms with Crippen molar-refractivity contribution >= 4 is 17.4 Å². The maximum Gasteiger partial charge on any atom is 0.171 e. The lowest BCUT2D eigenvalue weighted by atomic mass is 10.1. The van der Waals surface area contributed by atoms with Crippen molar-refractivity contribution < 1.29 is 0 Å². The van der Waals surface area contributed by atoms with Gasteiger partial charge in [0.1, 0.15) is 0 Å². The van der Waals surface area contributed by atoms with Crippen LogP contribution in [0.5, 0.6) is 0 Å². The largest absolute Gasteiger partial charge is 0.381 e. The smallest absolute Gasteiger partial charge is 0.171 e. The number of rotatable bonds is 2. The first kappa shape index (κ1) is 9.93. The van der Waals surface area contributed by atoms with Crippen LogP contribution < -0.4 is 5.73 Å². The molecule has 76 valence electrons. The minimum absolute atomic E-state index is 0.267. The summed E-state index contributed by atoms with van der Waals surface area (Å²) in [5.74, 6) is 0.272. The van der Waals surface area contributed by atoms with Gasteiger partial charge in [-0.2, -0.15) is 0 Å². The van der Waals surface area contributed by atoms with E-state index in [1.54, 1.807) is 6.20 Å². The zero-order chi connectivity index (χ0) is 10.7. The highest BCUT2D eigenvalue weighted by molar-refractivity contribution is 6.31. The highest BCUT2D eigenvalue weighted by Crippen LogP contribution is 2.14. The minimum Gasteiger partial charge on any atom is -0.381 e. The molecule has 1 aromatic heterocycles. The van der Waals surface area contributed by atoms with Crippen molar-refractivity contribution in [1.29, 1.82) is 0 Å². The Hall–Kier alpha value is -1.61. The average Bonchev–Trinajstić information content (AvgIpc) is 2.25. The van der Waals surface area contributed by atoms with Gasteiger partial charge in [0.05, 0.1) is 11.9 Å². The van der Waals surface area contributed by atoms with Gasteiger partial charge < -0.3 is 5.73 Å². The lowest BCUT2D eigenvalue weighted by molar-refractivity contribution is 1.04. The molecule has 0 aliphatic carbocycles. The van der Waals surface area contributed by atoms with E-state index in [4.69, 9.17) is 17.3 Å². The lowest BCUT2D eigenvalue weighted by Crippen LogP contribution is -1.98. The van der Waals surface area contributed by atoms with Crippen LogP contribution >= 0.6 is 11.6 Å². The molecule has 0 saturated heterocycles. The van der Waals surface area contributed by atoms with E-state index in [1.165, 1.54) is 5.56 Å². The molecule has 0 atom stereocenters. The minimum atomic E-state index is 0.267. The Morgan fingerprint density at radius 1 is 1.20 bits per heavy atom. The topological polar surface area (TPSA) is 51.8 Å². The molecule has 4 heteroatoms. The SMILES string of the molecule is Nc1ncc(Cc2ccccc2)nc1Cl. The van der Waals surface area contributed by atoms with Gasteiger partial charge in [-0.15, -0.1) is 0 Å². The summed E-state index contributed by atoms with van der Waals surface area (Å²) in [6.07, 6.45) is 2.36. The quantitative estimate of drug-likeness (QED) is 0.843. The first-order valence-electron chi connectivity index (χ1n) is 4.56. The number of benzene rings is 1. The molecule has 15 heavy (non-hydrogen) atoms. The summed E-state index contributed by atoms with van der Waals surface area (Å²) in [4.78, 5) is 8.10. The van der Waals surface area contributed by atoms with Crippen LogP contribution in [0.25, 0.3) is 0 Å². The van der Waals surface area contributed by atoms with Crippen molar-refractivity contribution in [2.45, 2.75) is 6.42 Å². The van der Waals surface area contributed by atoms with E-state index in [-0.39, 0.29) is 11.0 Å².